The predicted molar refractivity (Wildman–Crippen MR) is 117 cm³/mol. The zero-order chi connectivity index (χ0) is 20.2. The molecule has 0 radical (unpaired) electrons. The van der Waals surface area contributed by atoms with Gasteiger partial charge in [0.15, 0.2) is 0 Å². The first-order valence-corrected chi connectivity index (χ1v) is 10.0. The number of rotatable bonds is 6. The lowest BCUT2D eigenvalue weighted by molar-refractivity contribution is 0.322. The molecule has 0 spiro atoms. The van der Waals surface area contributed by atoms with E-state index in [4.69, 9.17) is 16.3 Å². The second-order valence-electron chi connectivity index (χ2n) is 6.77. The van der Waals surface area contributed by atoms with E-state index < -0.39 is 0 Å². The van der Waals surface area contributed by atoms with Crippen molar-refractivity contribution < 1.29 is 4.74 Å². The number of nitrogens with zero attached hydrogens (tertiary/aromatic N) is 2. The molecule has 0 aliphatic carbocycles. The number of aryl methyl sites for hydroxylation is 1. The molecule has 0 saturated heterocycles. The summed E-state index contributed by atoms with van der Waals surface area (Å²) in [4.78, 5) is 17.1. The molecule has 3 aromatic carbocycles. The molecule has 4 rings (SSSR count). The predicted octanol–water partition coefficient (Wildman–Crippen LogP) is 5.22. The molecule has 1 aromatic heterocycles. The number of hydrogen-bond acceptors (Lipinski definition) is 3. The Morgan fingerprint density at radius 2 is 1.83 bits per heavy atom. The summed E-state index contributed by atoms with van der Waals surface area (Å²) in [5, 5.41) is 1.53. The highest BCUT2D eigenvalue weighted by Gasteiger charge is 2.12. The average molecular weight is 405 g/mol. The lowest BCUT2D eigenvalue weighted by Crippen LogP contribution is -2.23. The van der Waals surface area contributed by atoms with Gasteiger partial charge in [-0.05, 0) is 54.4 Å². The van der Waals surface area contributed by atoms with E-state index in [2.05, 4.69) is 4.98 Å². The van der Waals surface area contributed by atoms with E-state index in [-0.39, 0.29) is 5.69 Å². The summed E-state index contributed by atoms with van der Waals surface area (Å²) in [6.45, 7) is 2.55. The lowest BCUT2D eigenvalue weighted by atomic mass is 10.1. The average Bonchev–Trinajstić information content (AvgIpc) is 2.74. The standard InChI is InChI=1S/C24H21ClN2O2/c1-2-22-21-12-11-18(25)16-23(21)27(24(28)26-22)19-8-6-7-17(15-19)13-14-29-20-9-4-3-5-10-20/h3-12,15-16H,2,13-14H2,1H3. The Hall–Kier alpha value is -3.11. The summed E-state index contributed by atoms with van der Waals surface area (Å²) in [7, 11) is 0. The van der Waals surface area contributed by atoms with E-state index in [0.29, 0.717) is 18.1 Å². The fraction of sp³-hybridized carbons (Fsp3) is 0.167. The molecule has 0 saturated carbocycles. The van der Waals surface area contributed by atoms with E-state index in [9.17, 15) is 4.79 Å². The second-order valence-corrected chi connectivity index (χ2v) is 7.21. The Balaban J connectivity index is 1.68. The minimum Gasteiger partial charge on any atom is -0.493 e. The van der Waals surface area contributed by atoms with Crippen molar-refractivity contribution in [2.75, 3.05) is 6.61 Å². The molecule has 1 heterocycles. The molecule has 0 fully saturated rings. The first-order valence-electron chi connectivity index (χ1n) is 9.64. The fourth-order valence-corrected chi connectivity index (χ4v) is 3.60. The maximum Gasteiger partial charge on any atom is 0.352 e. The Bertz CT molecular complexity index is 1200. The van der Waals surface area contributed by atoms with Gasteiger partial charge < -0.3 is 4.74 Å². The zero-order valence-corrected chi connectivity index (χ0v) is 16.9. The summed E-state index contributed by atoms with van der Waals surface area (Å²) in [6.07, 6.45) is 1.42. The van der Waals surface area contributed by atoms with Crippen LogP contribution in [0.5, 0.6) is 5.75 Å². The van der Waals surface area contributed by atoms with Crippen LogP contribution in [-0.4, -0.2) is 16.2 Å². The Kier molecular flexibility index (Phi) is 5.63. The number of para-hydroxylation sites is 1. The molecule has 5 heteroatoms. The molecule has 0 bridgehead atoms. The van der Waals surface area contributed by atoms with E-state index in [1.54, 1.807) is 4.57 Å². The normalized spacial score (nSPS) is 11.0. The highest BCUT2D eigenvalue weighted by molar-refractivity contribution is 6.31. The SMILES string of the molecule is CCc1nc(=O)n(-c2cccc(CCOc3ccccc3)c2)c2cc(Cl)ccc12. The molecule has 0 aliphatic rings. The molecule has 0 N–H and O–H groups in total. The first kappa shape index (κ1) is 19.2. The third-order valence-electron chi connectivity index (χ3n) is 4.84. The number of aromatic nitrogens is 2. The van der Waals surface area contributed by atoms with Crippen molar-refractivity contribution in [3.05, 3.63) is 99.6 Å². The molecule has 146 valence electrons. The van der Waals surface area contributed by atoms with Crippen LogP contribution in [0.2, 0.25) is 5.02 Å². The van der Waals surface area contributed by atoms with Crippen LogP contribution in [0.3, 0.4) is 0 Å². The van der Waals surface area contributed by atoms with E-state index >= 15 is 0 Å². The van der Waals surface area contributed by atoms with Gasteiger partial charge in [0.1, 0.15) is 5.75 Å². The van der Waals surface area contributed by atoms with Gasteiger partial charge in [0.05, 0.1) is 23.5 Å². The zero-order valence-electron chi connectivity index (χ0n) is 16.1. The number of ether oxygens (including phenoxy) is 1. The summed E-state index contributed by atoms with van der Waals surface area (Å²) in [6, 6.07) is 23.2. The minimum absolute atomic E-state index is 0.297. The van der Waals surface area contributed by atoms with Crippen molar-refractivity contribution >= 4 is 22.5 Å². The van der Waals surface area contributed by atoms with Crippen molar-refractivity contribution in [3.8, 4) is 11.4 Å². The number of fused-ring (bicyclic) bond motifs is 1. The largest absolute Gasteiger partial charge is 0.493 e. The van der Waals surface area contributed by atoms with Crippen molar-refractivity contribution in [1.29, 1.82) is 0 Å². The molecule has 4 aromatic rings. The molecular weight excluding hydrogens is 384 g/mol. The number of halogens is 1. The highest BCUT2D eigenvalue weighted by Crippen LogP contribution is 2.23. The van der Waals surface area contributed by atoms with Crippen molar-refractivity contribution in [2.24, 2.45) is 0 Å². The van der Waals surface area contributed by atoms with E-state index in [0.717, 1.165) is 40.0 Å². The van der Waals surface area contributed by atoms with Gasteiger partial charge in [0.25, 0.3) is 0 Å². The quantitative estimate of drug-likeness (QED) is 0.442. The number of hydrogen-bond donors (Lipinski definition) is 0. The third kappa shape index (κ3) is 4.17. The summed E-state index contributed by atoms with van der Waals surface area (Å²) >= 11 is 6.23. The van der Waals surface area contributed by atoms with Crippen LogP contribution in [0.25, 0.3) is 16.6 Å². The number of benzene rings is 3. The van der Waals surface area contributed by atoms with Gasteiger partial charge in [-0.25, -0.2) is 4.79 Å². The molecule has 0 unspecified atom stereocenters. The van der Waals surface area contributed by atoms with Crippen LogP contribution >= 0.6 is 11.6 Å². The monoisotopic (exact) mass is 404 g/mol. The smallest absolute Gasteiger partial charge is 0.352 e. The van der Waals surface area contributed by atoms with Crippen molar-refractivity contribution in [2.45, 2.75) is 19.8 Å². The van der Waals surface area contributed by atoms with E-state index in [1.807, 2.05) is 79.7 Å². The molecule has 4 nitrogen and oxygen atoms in total. The second kappa shape index (κ2) is 8.50. The van der Waals surface area contributed by atoms with Crippen LogP contribution in [0.15, 0.2) is 77.6 Å². The van der Waals surface area contributed by atoms with Crippen LogP contribution in [0.4, 0.5) is 0 Å². The van der Waals surface area contributed by atoms with Gasteiger partial charge in [0.2, 0.25) is 0 Å². The van der Waals surface area contributed by atoms with Gasteiger partial charge in [-0.3, -0.25) is 4.57 Å². The fourth-order valence-electron chi connectivity index (χ4n) is 3.44. The van der Waals surface area contributed by atoms with Gasteiger partial charge in [-0.1, -0.05) is 48.9 Å². The van der Waals surface area contributed by atoms with Crippen LogP contribution < -0.4 is 10.4 Å². The lowest BCUT2D eigenvalue weighted by Gasteiger charge is -2.14. The van der Waals surface area contributed by atoms with Crippen LogP contribution in [0.1, 0.15) is 18.2 Å². The maximum atomic E-state index is 12.8. The van der Waals surface area contributed by atoms with E-state index in [1.165, 1.54) is 0 Å². The van der Waals surface area contributed by atoms with Gasteiger partial charge in [-0.15, -0.1) is 0 Å². The topological polar surface area (TPSA) is 44.1 Å². The van der Waals surface area contributed by atoms with Crippen molar-refractivity contribution in [3.63, 3.8) is 0 Å². The Morgan fingerprint density at radius 3 is 2.62 bits per heavy atom. The van der Waals surface area contributed by atoms with Crippen LogP contribution in [0, 0.1) is 0 Å². The molecule has 0 aliphatic heterocycles. The van der Waals surface area contributed by atoms with Gasteiger partial charge in [0, 0.05) is 16.8 Å². The third-order valence-corrected chi connectivity index (χ3v) is 5.07. The first-order chi connectivity index (χ1) is 14.2. The maximum absolute atomic E-state index is 12.8. The minimum atomic E-state index is -0.297. The van der Waals surface area contributed by atoms with Gasteiger partial charge in [-0.2, -0.15) is 4.98 Å². The van der Waals surface area contributed by atoms with Crippen LogP contribution in [-0.2, 0) is 12.8 Å². The Labute approximate surface area is 174 Å². The molecular formula is C24H21ClN2O2. The summed E-state index contributed by atoms with van der Waals surface area (Å²) in [5.74, 6) is 0.847. The van der Waals surface area contributed by atoms with Crippen molar-refractivity contribution in [1.82, 2.24) is 9.55 Å². The Morgan fingerprint density at radius 1 is 1.00 bits per heavy atom. The molecule has 0 amide bonds. The molecule has 0 atom stereocenters. The highest BCUT2D eigenvalue weighted by atomic mass is 35.5. The summed E-state index contributed by atoms with van der Waals surface area (Å²) < 4.78 is 7.42. The van der Waals surface area contributed by atoms with Gasteiger partial charge >= 0.3 is 5.69 Å². The molecule has 29 heavy (non-hydrogen) atoms. The summed E-state index contributed by atoms with van der Waals surface area (Å²) in [5.41, 5.74) is 3.11.